The molecule has 4 atom stereocenters. The number of Topliss-reactive ketones (excluding diaryl/α,β-unsaturated/α-hetero) is 1. The van der Waals surface area contributed by atoms with Gasteiger partial charge in [0.15, 0.2) is 5.78 Å². The summed E-state index contributed by atoms with van der Waals surface area (Å²) in [6.07, 6.45) is 2.14. The molecular weight excluding hydrogens is 326 g/mol. The average molecular weight is 348 g/mol. The smallest absolute Gasteiger partial charge is 0.224 e. The van der Waals surface area contributed by atoms with Crippen molar-refractivity contribution in [3.8, 4) is 5.75 Å². The molecule has 2 fully saturated rings. The van der Waals surface area contributed by atoms with Gasteiger partial charge in [-0.3, -0.25) is 9.59 Å². The van der Waals surface area contributed by atoms with E-state index >= 15 is 0 Å². The van der Waals surface area contributed by atoms with Crippen LogP contribution in [0.1, 0.15) is 50.4 Å². The highest BCUT2D eigenvalue weighted by Gasteiger charge is 2.70. The predicted molar refractivity (Wildman–Crippen MR) is 91.4 cm³/mol. The second-order valence-corrected chi connectivity index (χ2v) is 8.84. The van der Waals surface area contributed by atoms with Crippen LogP contribution in [0.5, 0.6) is 5.75 Å². The second-order valence-electron chi connectivity index (χ2n) is 8.40. The van der Waals surface area contributed by atoms with Gasteiger partial charge < -0.3 is 10.1 Å². The van der Waals surface area contributed by atoms with Crippen molar-refractivity contribution in [2.45, 2.75) is 51.2 Å². The number of hydrogen-bond acceptors (Lipinski definition) is 3. The van der Waals surface area contributed by atoms with Crippen molar-refractivity contribution in [1.29, 1.82) is 0 Å². The molecule has 1 aromatic rings. The van der Waals surface area contributed by atoms with E-state index in [1.54, 1.807) is 18.2 Å². The van der Waals surface area contributed by atoms with E-state index in [-0.39, 0.29) is 29.1 Å². The van der Waals surface area contributed by atoms with Gasteiger partial charge >= 0.3 is 0 Å². The zero-order chi connectivity index (χ0) is 17.3. The molecule has 128 valence electrons. The van der Waals surface area contributed by atoms with Crippen LogP contribution in [0.4, 0.5) is 0 Å². The summed E-state index contributed by atoms with van der Waals surface area (Å²) in [5.74, 6) is 1.23. The first-order chi connectivity index (χ1) is 11.2. The number of ketones is 1. The average Bonchev–Trinajstić information content (AvgIpc) is 3.11. The molecular formula is C19H22ClNO3. The molecule has 4 rings (SSSR count). The molecule has 1 heterocycles. The van der Waals surface area contributed by atoms with Crippen LogP contribution in [0.15, 0.2) is 18.2 Å². The predicted octanol–water partition coefficient (Wildman–Crippen LogP) is 3.61. The van der Waals surface area contributed by atoms with Crippen LogP contribution in [-0.4, -0.2) is 22.8 Å². The Bertz CT molecular complexity index is 739. The first-order valence-corrected chi connectivity index (χ1v) is 8.92. The summed E-state index contributed by atoms with van der Waals surface area (Å²) in [7, 11) is 0. The maximum atomic E-state index is 12.6. The molecule has 0 radical (unpaired) electrons. The van der Waals surface area contributed by atoms with Gasteiger partial charge in [0, 0.05) is 22.4 Å². The van der Waals surface area contributed by atoms with Crippen LogP contribution >= 0.6 is 11.6 Å². The molecule has 1 amide bonds. The molecule has 0 aromatic heterocycles. The van der Waals surface area contributed by atoms with Gasteiger partial charge in [-0.25, -0.2) is 0 Å². The van der Waals surface area contributed by atoms with Crippen molar-refractivity contribution in [2.24, 2.45) is 17.8 Å². The molecule has 24 heavy (non-hydrogen) atoms. The summed E-state index contributed by atoms with van der Waals surface area (Å²) in [6, 6.07) is 5.20. The van der Waals surface area contributed by atoms with Crippen LogP contribution in [0.25, 0.3) is 0 Å². The standard InChI is InChI=1S/C19H22ClNO3/c1-18(2,3)21-17(23)15-11-6-7-19(16(11)15)9-13(22)12-8-10(20)4-5-14(12)24-19/h4-5,8,11,15-16H,6-7,9H2,1-3H3,(H,21,23)/t11-,15-,16+,19-/m1/s1. The quantitative estimate of drug-likeness (QED) is 0.844. The number of hydrogen-bond donors (Lipinski definition) is 1. The van der Waals surface area contributed by atoms with Gasteiger partial charge in [-0.1, -0.05) is 11.6 Å². The third-order valence-corrected chi connectivity index (χ3v) is 5.73. The first-order valence-electron chi connectivity index (χ1n) is 8.54. The van der Waals surface area contributed by atoms with E-state index in [0.29, 0.717) is 28.7 Å². The summed E-state index contributed by atoms with van der Waals surface area (Å²) in [5, 5.41) is 3.61. The zero-order valence-electron chi connectivity index (χ0n) is 14.2. The minimum absolute atomic E-state index is 0.0281. The monoisotopic (exact) mass is 347 g/mol. The summed E-state index contributed by atoms with van der Waals surface area (Å²) < 4.78 is 6.31. The fraction of sp³-hybridized carbons (Fsp3) is 0.579. The fourth-order valence-electron chi connectivity index (χ4n) is 4.59. The SMILES string of the molecule is CC(C)(C)NC(=O)[C@@H]1[C@H]2CC[C@@]3(CC(=O)c4cc(Cl)ccc4O3)[C@@H]21. The lowest BCUT2D eigenvalue weighted by Crippen LogP contribution is -2.46. The zero-order valence-corrected chi connectivity index (χ0v) is 14.9. The lowest BCUT2D eigenvalue weighted by molar-refractivity contribution is -0.125. The number of nitrogens with one attached hydrogen (secondary N) is 1. The number of benzene rings is 1. The Morgan fingerprint density at radius 3 is 2.83 bits per heavy atom. The Hall–Kier alpha value is -1.55. The van der Waals surface area contributed by atoms with E-state index in [4.69, 9.17) is 16.3 Å². The van der Waals surface area contributed by atoms with E-state index in [1.807, 2.05) is 20.8 Å². The lowest BCUT2D eigenvalue weighted by atomic mass is 9.84. The summed E-state index contributed by atoms with van der Waals surface area (Å²) in [4.78, 5) is 25.2. The van der Waals surface area contributed by atoms with Gasteiger partial charge in [0.2, 0.25) is 5.91 Å². The number of carbonyl (C=O) groups excluding carboxylic acids is 2. The Morgan fingerprint density at radius 1 is 1.38 bits per heavy atom. The molecule has 1 spiro atoms. The van der Waals surface area contributed by atoms with Gasteiger partial charge in [0.25, 0.3) is 0 Å². The fourth-order valence-corrected chi connectivity index (χ4v) is 4.77. The minimum Gasteiger partial charge on any atom is -0.486 e. The highest BCUT2D eigenvalue weighted by molar-refractivity contribution is 6.31. The van der Waals surface area contributed by atoms with Crippen molar-refractivity contribution in [3.05, 3.63) is 28.8 Å². The minimum atomic E-state index is -0.511. The Kier molecular flexibility index (Phi) is 3.31. The highest BCUT2D eigenvalue weighted by Crippen LogP contribution is 2.65. The van der Waals surface area contributed by atoms with Crippen LogP contribution in [0.3, 0.4) is 0 Å². The number of rotatable bonds is 1. The van der Waals surface area contributed by atoms with Crippen molar-refractivity contribution >= 4 is 23.3 Å². The Morgan fingerprint density at radius 2 is 2.12 bits per heavy atom. The largest absolute Gasteiger partial charge is 0.486 e. The summed E-state index contributed by atoms with van der Waals surface area (Å²) >= 11 is 6.00. The normalized spacial score (nSPS) is 33.7. The molecule has 0 saturated heterocycles. The Labute approximate surface area is 146 Å². The van der Waals surface area contributed by atoms with Gasteiger partial charge in [0.1, 0.15) is 11.4 Å². The highest BCUT2D eigenvalue weighted by atomic mass is 35.5. The third-order valence-electron chi connectivity index (χ3n) is 5.49. The number of halogens is 1. The van der Waals surface area contributed by atoms with Gasteiger partial charge in [-0.15, -0.1) is 0 Å². The van der Waals surface area contributed by atoms with Crippen LogP contribution in [0, 0.1) is 17.8 Å². The molecule has 5 heteroatoms. The molecule has 4 nitrogen and oxygen atoms in total. The third kappa shape index (κ3) is 2.43. The molecule has 2 aliphatic carbocycles. The molecule has 0 bridgehead atoms. The van der Waals surface area contributed by atoms with Crippen LogP contribution < -0.4 is 10.1 Å². The maximum absolute atomic E-state index is 12.6. The Balaban J connectivity index is 1.58. The molecule has 0 unspecified atom stereocenters. The van der Waals surface area contributed by atoms with Crippen molar-refractivity contribution in [2.75, 3.05) is 0 Å². The first kappa shape index (κ1) is 15.9. The number of amides is 1. The summed E-state index contributed by atoms with van der Waals surface area (Å²) in [6.45, 7) is 5.96. The van der Waals surface area contributed by atoms with Crippen LogP contribution in [-0.2, 0) is 4.79 Å². The number of carbonyl (C=O) groups is 2. The van der Waals surface area contributed by atoms with Gasteiger partial charge in [-0.2, -0.15) is 0 Å². The molecule has 1 aliphatic heterocycles. The molecule has 1 aromatic carbocycles. The second kappa shape index (κ2) is 4.98. The van der Waals surface area contributed by atoms with E-state index in [0.717, 1.165) is 12.8 Å². The van der Waals surface area contributed by atoms with E-state index in [1.165, 1.54) is 0 Å². The van der Waals surface area contributed by atoms with E-state index in [2.05, 4.69) is 5.32 Å². The van der Waals surface area contributed by atoms with Crippen molar-refractivity contribution in [3.63, 3.8) is 0 Å². The van der Waals surface area contributed by atoms with Crippen LogP contribution in [0.2, 0.25) is 5.02 Å². The molecule has 3 aliphatic rings. The van der Waals surface area contributed by atoms with Crippen molar-refractivity contribution < 1.29 is 14.3 Å². The number of fused-ring (bicyclic) bond motifs is 3. The number of ether oxygens (including phenoxy) is 1. The van der Waals surface area contributed by atoms with E-state index < -0.39 is 5.60 Å². The topological polar surface area (TPSA) is 55.4 Å². The van der Waals surface area contributed by atoms with Crippen molar-refractivity contribution in [1.82, 2.24) is 5.32 Å². The summed E-state index contributed by atoms with van der Waals surface area (Å²) in [5.41, 5.74) is -0.191. The molecule has 2 saturated carbocycles. The van der Waals surface area contributed by atoms with Gasteiger partial charge in [-0.05, 0) is 57.7 Å². The van der Waals surface area contributed by atoms with Gasteiger partial charge in [0.05, 0.1) is 12.0 Å². The van der Waals surface area contributed by atoms with E-state index in [9.17, 15) is 9.59 Å². The molecule has 1 N–H and O–H groups in total. The lowest BCUT2D eigenvalue weighted by Gasteiger charge is -2.37. The maximum Gasteiger partial charge on any atom is 0.224 e.